The van der Waals surface area contributed by atoms with Gasteiger partial charge >= 0.3 is 0 Å². The van der Waals surface area contributed by atoms with Gasteiger partial charge in [0.15, 0.2) is 5.82 Å². The van der Waals surface area contributed by atoms with E-state index in [-0.39, 0.29) is 5.28 Å². The Morgan fingerprint density at radius 3 is 2.69 bits per heavy atom. The summed E-state index contributed by atoms with van der Waals surface area (Å²) in [6.07, 6.45) is 3.39. The number of nitrogens with zero attached hydrogens (tertiary/aromatic N) is 4. The lowest BCUT2D eigenvalue weighted by Crippen LogP contribution is -1.99. The van der Waals surface area contributed by atoms with Gasteiger partial charge in [-0.15, -0.1) is 0 Å². The average molecular weight is 215 g/mol. The van der Waals surface area contributed by atoms with Gasteiger partial charge < -0.3 is 0 Å². The lowest BCUT2D eigenvalue weighted by molar-refractivity contribution is 0.840. The molecule has 0 fully saturated rings. The van der Waals surface area contributed by atoms with Crippen LogP contribution in [-0.4, -0.2) is 19.7 Å². The Morgan fingerprint density at radius 2 is 2.08 bits per heavy atom. The summed E-state index contributed by atoms with van der Waals surface area (Å²) in [7, 11) is 0. The molecule has 0 aliphatic rings. The monoisotopic (exact) mass is 214 g/mol. The molecule has 0 amide bonds. The molecule has 0 saturated carbocycles. The molecular weight excluding hydrogens is 211 g/mol. The predicted molar refractivity (Wildman–Crippen MR) is 49.2 cm³/mol. The molecule has 0 spiro atoms. The highest BCUT2D eigenvalue weighted by Crippen LogP contribution is 2.12. The maximum Gasteiger partial charge on any atom is 0.225 e. The predicted octanol–water partition coefficient (Wildman–Crippen LogP) is 1.97. The zero-order chi connectivity index (χ0) is 9.26. The molecule has 0 N–H and O–H groups in total. The van der Waals surface area contributed by atoms with Crippen LogP contribution in [0.4, 0.5) is 0 Å². The largest absolute Gasteiger partial charge is 0.225 e. The lowest BCUT2D eigenvalue weighted by atomic mass is 10.6. The van der Waals surface area contributed by atoms with E-state index in [0.717, 1.165) is 0 Å². The first-order valence-corrected chi connectivity index (χ1v) is 4.21. The Kier molecular flexibility index (Phi) is 2.16. The Hall–Kier alpha value is -1.13. The maximum absolute atomic E-state index is 5.69. The molecule has 0 unspecified atom stereocenters. The van der Waals surface area contributed by atoms with Crippen LogP contribution in [0.15, 0.2) is 24.5 Å². The maximum atomic E-state index is 5.69. The van der Waals surface area contributed by atoms with Crippen molar-refractivity contribution in [3.8, 4) is 5.82 Å². The lowest BCUT2D eigenvalue weighted by Gasteiger charge is -1.99. The molecule has 0 radical (unpaired) electrons. The summed E-state index contributed by atoms with van der Waals surface area (Å²) in [5, 5.41) is 4.38. The first-order valence-electron chi connectivity index (χ1n) is 3.46. The summed E-state index contributed by atoms with van der Waals surface area (Å²) in [5.74, 6) is 0.551. The Balaban J connectivity index is 2.53. The third kappa shape index (κ3) is 1.79. The minimum atomic E-state index is 0.109. The highest BCUT2D eigenvalue weighted by Gasteiger charge is 2.02. The topological polar surface area (TPSA) is 43.6 Å². The van der Waals surface area contributed by atoms with Gasteiger partial charge in [-0.05, 0) is 17.7 Å². The van der Waals surface area contributed by atoms with Crippen LogP contribution in [0.5, 0.6) is 0 Å². The molecule has 0 atom stereocenters. The molecular formula is C7H4Cl2N4. The Labute approximate surface area is 84.1 Å². The van der Waals surface area contributed by atoms with Gasteiger partial charge in [0.1, 0.15) is 5.15 Å². The minimum Gasteiger partial charge on any atom is -0.222 e. The van der Waals surface area contributed by atoms with Crippen LogP contribution in [0.1, 0.15) is 0 Å². The van der Waals surface area contributed by atoms with Gasteiger partial charge in [-0.25, -0.2) is 9.67 Å². The van der Waals surface area contributed by atoms with Crippen LogP contribution in [0.2, 0.25) is 10.4 Å². The SMILES string of the molecule is Clc1cc(-n2cccn2)nc(Cl)n1. The van der Waals surface area contributed by atoms with E-state index in [0.29, 0.717) is 11.0 Å². The first-order chi connectivity index (χ1) is 6.25. The van der Waals surface area contributed by atoms with Crippen LogP contribution in [0, 0.1) is 0 Å². The van der Waals surface area contributed by atoms with Crippen molar-refractivity contribution in [2.75, 3.05) is 0 Å². The summed E-state index contributed by atoms with van der Waals surface area (Å²) >= 11 is 11.3. The molecule has 0 saturated heterocycles. The Morgan fingerprint density at radius 1 is 1.23 bits per heavy atom. The Bertz CT molecular complexity index is 392. The summed E-state index contributed by atoms with van der Waals surface area (Å²) in [6, 6.07) is 3.37. The number of hydrogen-bond acceptors (Lipinski definition) is 3. The zero-order valence-corrected chi connectivity index (χ0v) is 7.87. The van der Waals surface area contributed by atoms with Gasteiger partial charge in [-0.3, -0.25) is 0 Å². The second-order valence-corrected chi connectivity index (χ2v) is 2.99. The second-order valence-electron chi connectivity index (χ2n) is 2.27. The third-order valence-electron chi connectivity index (χ3n) is 1.39. The van der Waals surface area contributed by atoms with E-state index < -0.39 is 0 Å². The summed E-state index contributed by atoms with van der Waals surface area (Å²) in [4.78, 5) is 7.67. The van der Waals surface area contributed by atoms with Gasteiger partial charge in [0.2, 0.25) is 5.28 Å². The van der Waals surface area contributed by atoms with Gasteiger partial charge in [0.25, 0.3) is 0 Å². The van der Waals surface area contributed by atoms with E-state index >= 15 is 0 Å². The van der Waals surface area contributed by atoms with Crippen molar-refractivity contribution in [2.45, 2.75) is 0 Å². The molecule has 0 aromatic carbocycles. The van der Waals surface area contributed by atoms with Gasteiger partial charge in [0.05, 0.1) is 0 Å². The molecule has 2 heterocycles. The smallest absolute Gasteiger partial charge is 0.222 e. The van der Waals surface area contributed by atoms with E-state index in [4.69, 9.17) is 23.2 Å². The van der Waals surface area contributed by atoms with E-state index in [1.165, 1.54) is 0 Å². The van der Waals surface area contributed by atoms with E-state index in [1.807, 2.05) is 0 Å². The fourth-order valence-electron chi connectivity index (χ4n) is 0.900. The fourth-order valence-corrected chi connectivity index (χ4v) is 1.30. The summed E-state index contributed by atoms with van der Waals surface area (Å²) in [6.45, 7) is 0. The molecule has 0 aliphatic heterocycles. The number of halogens is 2. The first kappa shape index (κ1) is 8.47. The normalized spacial score (nSPS) is 10.3. The molecule has 2 rings (SSSR count). The zero-order valence-electron chi connectivity index (χ0n) is 6.35. The van der Waals surface area contributed by atoms with Crippen LogP contribution in [-0.2, 0) is 0 Å². The minimum absolute atomic E-state index is 0.109. The van der Waals surface area contributed by atoms with Crippen molar-refractivity contribution in [3.63, 3.8) is 0 Å². The average Bonchev–Trinajstić information content (AvgIpc) is 2.53. The molecule has 0 bridgehead atoms. The molecule has 4 nitrogen and oxygen atoms in total. The van der Waals surface area contributed by atoms with E-state index in [1.54, 1.807) is 29.2 Å². The fraction of sp³-hybridized carbons (Fsp3) is 0. The highest BCUT2D eigenvalue weighted by molar-refractivity contribution is 6.31. The molecule has 2 aromatic rings. The quantitative estimate of drug-likeness (QED) is 0.539. The van der Waals surface area contributed by atoms with Crippen LogP contribution < -0.4 is 0 Å². The van der Waals surface area contributed by atoms with E-state index in [2.05, 4.69) is 15.1 Å². The molecule has 0 aliphatic carbocycles. The highest BCUT2D eigenvalue weighted by atomic mass is 35.5. The standard InChI is InChI=1S/C7H4Cl2N4/c8-5-4-6(12-7(9)11-5)13-3-1-2-10-13/h1-4H. The van der Waals surface area contributed by atoms with Crippen molar-refractivity contribution >= 4 is 23.2 Å². The van der Waals surface area contributed by atoms with Crippen LogP contribution in [0.3, 0.4) is 0 Å². The van der Waals surface area contributed by atoms with Gasteiger partial charge in [0, 0.05) is 18.5 Å². The second kappa shape index (κ2) is 3.32. The van der Waals surface area contributed by atoms with Crippen molar-refractivity contribution < 1.29 is 0 Å². The summed E-state index contributed by atoms with van der Waals surface area (Å²) < 4.78 is 1.56. The van der Waals surface area contributed by atoms with Gasteiger partial charge in [-0.2, -0.15) is 10.1 Å². The van der Waals surface area contributed by atoms with E-state index in [9.17, 15) is 0 Å². The number of hydrogen-bond donors (Lipinski definition) is 0. The van der Waals surface area contributed by atoms with Crippen LogP contribution in [0.25, 0.3) is 5.82 Å². The third-order valence-corrected chi connectivity index (χ3v) is 1.76. The molecule has 13 heavy (non-hydrogen) atoms. The van der Waals surface area contributed by atoms with Crippen molar-refractivity contribution in [2.24, 2.45) is 0 Å². The van der Waals surface area contributed by atoms with Gasteiger partial charge in [-0.1, -0.05) is 11.6 Å². The molecule has 66 valence electrons. The van der Waals surface area contributed by atoms with Crippen LogP contribution >= 0.6 is 23.2 Å². The summed E-state index contributed by atoms with van der Waals surface area (Å²) in [5.41, 5.74) is 0. The number of aromatic nitrogens is 4. The van der Waals surface area contributed by atoms with Crippen molar-refractivity contribution in [1.82, 2.24) is 19.7 Å². The van der Waals surface area contributed by atoms with Crippen molar-refractivity contribution in [1.29, 1.82) is 0 Å². The molecule has 2 aromatic heterocycles. The number of rotatable bonds is 1. The molecule has 6 heteroatoms. The van der Waals surface area contributed by atoms with Crippen molar-refractivity contribution in [3.05, 3.63) is 35.0 Å².